The smallest absolute Gasteiger partial charge is 0.257 e. The van der Waals surface area contributed by atoms with E-state index in [4.69, 9.17) is 28.9 Å². The molecule has 19 heavy (non-hydrogen) atoms. The maximum absolute atomic E-state index is 12.1. The van der Waals surface area contributed by atoms with Crippen molar-refractivity contribution >= 4 is 40.5 Å². The van der Waals surface area contributed by atoms with Crippen molar-refractivity contribution in [3.63, 3.8) is 0 Å². The fourth-order valence-corrected chi connectivity index (χ4v) is 2.21. The molecule has 1 amide bonds. The number of carbonyl (C=O) groups is 1. The van der Waals surface area contributed by atoms with E-state index in [9.17, 15) is 4.79 Å². The molecule has 0 saturated heterocycles. The molecule has 0 aliphatic heterocycles. The highest BCUT2D eigenvalue weighted by Crippen LogP contribution is 2.29. The first kappa shape index (κ1) is 13.7. The quantitative estimate of drug-likeness (QED) is 0.818. The molecule has 0 radical (unpaired) electrons. The molecular weight excluding hydrogens is 283 g/mol. The Labute approximate surface area is 121 Å². The summed E-state index contributed by atoms with van der Waals surface area (Å²) in [5, 5.41) is 3.45. The highest BCUT2D eigenvalue weighted by Gasteiger charge is 2.13. The van der Waals surface area contributed by atoms with Gasteiger partial charge in [-0.25, -0.2) is 0 Å². The zero-order chi connectivity index (χ0) is 14.0. The summed E-state index contributed by atoms with van der Waals surface area (Å²) in [7, 11) is 0. The number of amides is 1. The van der Waals surface area contributed by atoms with E-state index in [1.54, 1.807) is 30.3 Å². The number of nitrogens with one attached hydrogen (secondary N) is 1. The van der Waals surface area contributed by atoms with Crippen molar-refractivity contribution in [2.75, 3.05) is 11.1 Å². The highest BCUT2D eigenvalue weighted by molar-refractivity contribution is 6.36. The van der Waals surface area contributed by atoms with Gasteiger partial charge in [-0.15, -0.1) is 0 Å². The number of benzene rings is 2. The molecule has 2 aromatic rings. The van der Waals surface area contributed by atoms with Gasteiger partial charge in [0.25, 0.3) is 5.91 Å². The summed E-state index contributed by atoms with van der Waals surface area (Å²) in [5.41, 5.74) is 7.94. The molecular formula is C14H12Cl2N2O. The number of halogens is 2. The van der Waals surface area contributed by atoms with Gasteiger partial charge in [-0.2, -0.15) is 0 Å². The number of para-hydroxylation sites is 1. The molecule has 2 aromatic carbocycles. The van der Waals surface area contributed by atoms with Crippen molar-refractivity contribution in [2.24, 2.45) is 0 Å². The predicted octanol–water partition coefficient (Wildman–Crippen LogP) is 4.14. The van der Waals surface area contributed by atoms with Crippen LogP contribution in [0.5, 0.6) is 0 Å². The molecule has 0 bridgehead atoms. The van der Waals surface area contributed by atoms with Crippen molar-refractivity contribution < 1.29 is 4.79 Å². The standard InChI is InChI=1S/C14H12Cl2N2O/c1-8-5-6-9(11(16)7-8)14(19)18-13-10(15)3-2-4-12(13)17/h2-7H,17H2,1H3,(H,18,19). The molecule has 0 spiro atoms. The van der Waals surface area contributed by atoms with Gasteiger partial charge in [0.2, 0.25) is 0 Å². The molecule has 0 unspecified atom stereocenters. The van der Waals surface area contributed by atoms with Gasteiger partial charge < -0.3 is 11.1 Å². The third kappa shape index (κ3) is 3.00. The van der Waals surface area contributed by atoms with Crippen LogP contribution in [0, 0.1) is 6.92 Å². The molecule has 0 saturated carbocycles. The van der Waals surface area contributed by atoms with Crippen LogP contribution in [0.1, 0.15) is 15.9 Å². The Morgan fingerprint density at radius 3 is 2.53 bits per heavy atom. The van der Waals surface area contributed by atoms with Crippen molar-refractivity contribution in [3.8, 4) is 0 Å². The summed E-state index contributed by atoms with van der Waals surface area (Å²) in [6, 6.07) is 10.2. The Morgan fingerprint density at radius 1 is 1.16 bits per heavy atom. The second kappa shape index (κ2) is 5.51. The average molecular weight is 295 g/mol. The lowest BCUT2D eigenvalue weighted by Crippen LogP contribution is -2.14. The number of hydrogen-bond donors (Lipinski definition) is 2. The van der Waals surface area contributed by atoms with Crippen molar-refractivity contribution in [1.29, 1.82) is 0 Å². The summed E-state index contributed by atoms with van der Waals surface area (Å²) >= 11 is 12.0. The number of nitrogens with two attached hydrogens (primary N) is 1. The molecule has 3 nitrogen and oxygen atoms in total. The molecule has 0 heterocycles. The van der Waals surface area contributed by atoms with Crippen molar-refractivity contribution in [2.45, 2.75) is 6.92 Å². The van der Waals surface area contributed by atoms with Crippen LogP contribution < -0.4 is 11.1 Å². The topological polar surface area (TPSA) is 55.1 Å². The molecule has 0 atom stereocenters. The Hall–Kier alpha value is -1.71. The normalized spacial score (nSPS) is 10.3. The van der Waals surface area contributed by atoms with Crippen LogP contribution in [0.15, 0.2) is 36.4 Å². The van der Waals surface area contributed by atoms with E-state index < -0.39 is 0 Å². The van der Waals surface area contributed by atoms with Gasteiger partial charge in [-0.1, -0.05) is 35.3 Å². The van der Waals surface area contributed by atoms with Gasteiger partial charge in [0.1, 0.15) is 0 Å². The van der Waals surface area contributed by atoms with Crippen LogP contribution in [-0.2, 0) is 0 Å². The minimum Gasteiger partial charge on any atom is -0.397 e. The second-order valence-corrected chi connectivity index (χ2v) is 4.96. The van der Waals surface area contributed by atoms with Crippen LogP contribution in [0.25, 0.3) is 0 Å². The summed E-state index contributed by atoms with van der Waals surface area (Å²) in [6.45, 7) is 1.90. The van der Waals surface area contributed by atoms with E-state index in [1.807, 2.05) is 13.0 Å². The minimum absolute atomic E-state index is 0.343. The van der Waals surface area contributed by atoms with Crippen LogP contribution in [0.4, 0.5) is 11.4 Å². The zero-order valence-electron chi connectivity index (χ0n) is 10.2. The van der Waals surface area contributed by atoms with E-state index in [1.165, 1.54) is 0 Å². The van der Waals surface area contributed by atoms with Crippen LogP contribution in [0.2, 0.25) is 10.0 Å². The van der Waals surface area contributed by atoms with E-state index in [0.717, 1.165) is 5.56 Å². The Bertz CT molecular complexity index is 621. The summed E-state index contributed by atoms with van der Waals surface area (Å²) in [6.07, 6.45) is 0. The lowest BCUT2D eigenvalue weighted by atomic mass is 10.1. The highest BCUT2D eigenvalue weighted by atomic mass is 35.5. The predicted molar refractivity (Wildman–Crippen MR) is 80.0 cm³/mol. The third-order valence-electron chi connectivity index (χ3n) is 2.65. The first-order chi connectivity index (χ1) is 8.99. The number of hydrogen-bond acceptors (Lipinski definition) is 2. The summed E-state index contributed by atoms with van der Waals surface area (Å²) in [4.78, 5) is 12.1. The van der Waals surface area contributed by atoms with Crippen LogP contribution in [0.3, 0.4) is 0 Å². The van der Waals surface area contributed by atoms with Gasteiger partial charge in [0.05, 0.1) is 27.0 Å². The summed E-state index contributed by atoms with van der Waals surface area (Å²) < 4.78 is 0. The van der Waals surface area contributed by atoms with Crippen LogP contribution >= 0.6 is 23.2 Å². The fraction of sp³-hybridized carbons (Fsp3) is 0.0714. The first-order valence-electron chi connectivity index (χ1n) is 5.60. The maximum atomic E-state index is 12.1. The molecule has 0 fully saturated rings. The fourth-order valence-electron chi connectivity index (χ4n) is 1.66. The van der Waals surface area contributed by atoms with Crippen molar-refractivity contribution in [1.82, 2.24) is 0 Å². The van der Waals surface area contributed by atoms with E-state index in [0.29, 0.717) is 27.0 Å². The van der Waals surface area contributed by atoms with Crippen LogP contribution in [-0.4, -0.2) is 5.91 Å². The SMILES string of the molecule is Cc1ccc(C(=O)Nc2c(N)cccc2Cl)c(Cl)c1. The number of aryl methyl sites for hydroxylation is 1. The third-order valence-corrected chi connectivity index (χ3v) is 3.28. The largest absolute Gasteiger partial charge is 0.397 e. The molecule has 0 aliphatic rings. The lowest BCUT2D eigenvalue weighted by molar-refractivity contribution is 0.102. The first-order valence-corrected chi connectivity index (χ1v) is 6.36. The number of nitrogen functional groups attached to an aromatic ring is 1. The molecule has 5 heteroatoms. The molecule has 0 aliphatic carbocycles. The number of anilines is 2. The second-order valence-electron chi connectivity index (χ2n) is 4.14. The minimum atomic E-state index is -0.343. The van der Waals surface area contributed by atoms with Gasteiger partial charge in [0.15, 0.2) is 0 Å². The van der Waals surface area contributed by atoms with E-state index in [2.05, 4.69) is 5.32 Å². The Kier molecular flexibility index (Phi) is 3.98. The number of rotatable bonds is 2. The van der Waals surface area contributed by atoms with Gasteiger partial charge in [-0.05, 0) is 36.8 Å². The van der Waals surface area contributed by atoms with Gasteiger partial charge in [-0.3, -0.25) is 4.79 Å². The average Bonchev–Trinajstić information content (AvgIpc) is 2.33. The monoisotopic (exact) mass is 294 g/mol. The Balaban J connectivity index is 2.31. The molecule has 0 aromatic heterocycles. The van der Waals surface area contributed by atoms with E-state index >= 15 is 0 Å². The van der Waals surface area contributed by atoms with Gasteiger partial charge >= 0.3 is 0 Å². The molecule has 3 N–H and O–H groups in total. The lowest BCUT2D eigenvalue weighted by Gasteiger charge is -2.11. The Morgan fingerprint density at radius 2 is 1.89 bits per heavy atom. The number of carbonyl (C=O) groups excluding carboxylic acids is 1. The molecule has 98 valence electrons. The van der Waals surface area contributed by atoms with E-state index in [-0.39, 0.29) is 5.91 Å². The van der Waals surface area contributed by atoms with Crippen molar-refractivity contribution in [3.05, 3.63) is 57.6 Å². The zero-order valence-corrected chi connectivity index (χ0v) is 11.7. The van der Waals surface area contributed by atoms with Gasteiger partial charge in [0, 0.05) is 0 Å². The maximum Gasteiger partial charge on any atom is 0.257 e. The molecule has 2 rings (SSSR count). The summed E-state index contributed by atoms with van der Waals surface area (Å²) in [5.74, 6) is -0.343.